The lowest BCUT2D eigenvalue weighted by molar-refractivity contribution is 1.19. The quantitative estimate of drug-likeness (QED) is 0.535. The number of hydrogen-bond donors (Lipinski definition) is 0. The van der Waals surface area contributed by atoms with E-state index in [9.17, 15) is 0 Å². The van der Waals surface area contributed by atoms with Gasteiger partial charge in [0.05, 0.1) is 6.54 Å². The van der Waals surface area contributed by atoms with E-state index < -0.39 is 0 Å². The van der Waals surface area contributed by atoms with Gasteiger partial charge in [-0.3, -0.25) is 4.99 Å². The maximum atomic E-state index is 3.76. The Morgan fingerprint density at radius 1 is 1.29 bits per heavy atom. The highest BCUT2D eigenvalue weighted by Gasteiger charge is 1.83. The van der Waals surface area contributed by atoms with Crippen LogP contribution in [0.4, 0.5) is 0 Å². The number of hydrogen-bond acceptors (Lipinski definition) is 1. The fourth-order valence-corrected chi connectivity index (χ4v) is 1.10. The van der Waals surface area contributed by atoms with Crippen molar-refractivity contribution >= 4 is 6.72 Å². The van der Waals surface area contributed by atoms with E-state index >= 15 is 0 Å². The minimum absolute atomic E-state index is 0.681. The largest absolute Gasteiger partial charge is 0.296 e. The Labute approximate surface area is 105 Å². The third-order valence-corrected chi connectivity index (χ3v) is 2.05. The molecule has 17 heavy (non-hydrogen) atoms. The van der Waals surface area contributed by atoms with Crippen LogP contribution in [0.2, 0.25) is 0 Å². The third kappa shape index (κ3) is 9.06. The summed E-state index contributed by atoms with van der Waals surface area (Å²) in [5, 5.41) is 0. The molecule has 1 rings (SSSR count). The molecule has 0 amide bonds. The Morgan fingerprint density at radius 3 is 2.29 bits per heavy atom. The normalized spacial score (nSPS) is 10.6. The van der Waals surface area contributed by atoms with Crippen LogP contribution in [0.3, 0.4) is 0 Å². The molecule has 0 bridgehead atoms. The summed E-state index contributed by atoms with van der Waals surface area (Å²) in [7, 11) is 0. The predicted molar refractivity (Wildman–Crippen MR) is 78.7 cm³/mol. The molecule has 0 saturated carbocycles. The van der Waals surface area contributed by atoms with E-state index in [1.54, 1.807) is 6.08 Å². The van der Waals surface area contributed by atoms with Gasteiger partial charge >= 0.3 is 0 Å². The highest BCUT2D eigenvalue weighted by atomic mass is 14.7. The highest BCUT2D eigenvalue weighted by Crippen LogP contribution is 1.96. The molecule has 1 heteroatoms. The van der Waals surface area contributed by atoms with Crippen molar-refractivity contribution in [3.8, 4) is 0 Å². The van der Waals surface area contributed by atoms with Crippen LogP contribution >= 0.6 is 0 Å². The van der Waals surface area contributed by atoms with E-state index in [1.165, 1.54) is 5.56 Å². The summed E-state index contributed by atoms with van der Waals surface area (Å²) in [5.74, 6) is 0. The summed E-state index contributed by atoms with van der Waals surface area (Å²) >= 11 is 0. The van der Waals surface area contributed by atoms with Gasteiger partial charge in [0.25, 0.3) is 0 Å². The molecule has 0 aliphatic carbocycles. The van der Waals surface area contributed by atoms with Crippen molar-refractivity contribution < 1.29 is 0 Å². The van der Waals surface area contributed by atoms with Gasteiger partial charge < -0.3 is 0 Å². The van der Waals surface area contributed by atoms with Gasteiger partial charge in [0.2, 0.25) is 0 Å². The second kappa shape index (κ2) is 10.6. The third-order valence-electron chi connectivity index (χ3n) is 2.05. The first-order chi connectivity index (χ1) is 8.24. The molecule has 0 unspecified atom stereocenters. The lowest BCUT2D eigenvalue weighted by Gasteiger charge is -1.91. The summed E-state index contributed by atoms with van der Waals surface area (Å²) in [5.41, 5.74) is 2.48. The summed E-state index contributed by atoms with van der Waals surface area (Å²) < 4.78 is 0. The second-order valence-electron chi connectivity index (χ2n) is 3.49. The minimum atomic E-state index is 0.681. The Hall–Kier alpha value is -1.89. The molecule has 0 aliphatic rings. The van der Waals surface area contributed by atoms with Crippen LogP contribution in [-0.4, -0.2) is 13.3 Å². The lowest BCUT2D eigenvalue weighted by Crippen LogP contribution is -1.81. The molecular weight excluding hydrogens is 206 g/mol. The van der Waals surface area contributed by atoms with Crippen LogP contribution in [-0.2, 0) is 0 Å². The Morgan fingerprint density at radius 2 is 1.94 bits per heavy atom. The zero-order valence-electron chi connectivity index (χ0n) is 10.8. The van der Waals surface area contributed by atoms with E-state index in [4.69, 9.17) is 0 Å². The van der Waals surface area contributed by atoms with Gasteiger partial charge in [-0.2, -0.15) is 0 Å². The predicted octanol–water partition coefficient (Wildman–Crippen LogP) is 4.37. The topological polar surface area (TPSA) is 12.4 Å². The standard InChI is InChI=1S/C9H13N.C7H8/c1-4-6-7-9(5-2)8-10-3;1-7-5-3-2-4-6-7/h4-7H,1,3,8H2,2H3;2-6H,1H3/b7-6-,9-5+;. The fraction of sp³-hybridized carbons (Fsp3) is 0.188. The van der Waals surface area contributed by atoms with Crippen molar-refractivity contribution in [3.63, 3.8) is 0 Å². The van der Waals surface area contributed by atoms with E-state index in [0.29, 0.717) is 6.54 Å². The Balaban J connectivity index is 0.000000318. The Kier molecular flexibility index (Phi) is 9.44. The molecule has 0 radical (unpaired) electrons. The minimum Gasteiger partial charge on any atom is -0.296 e. The molecule has 0 aromatic heterocycles. The van der Waals surface area contributed by atoms with Gasteiger partial charge in [-0.1, -0.05) is 66.8 Å². The van der Waals surface area contributed by atoms with Crippen LogP contribution in [0.5, 0.6) is 0 Å². The maximum Gasteiger partial charge on any atom is 0.0629 e. The van der Waals surface area contributed by atoms with Crippen LogP contribution < -0.4 is 0 Å². The molecule has 1 aromatic rings. The average Bonchev–Trinajstić information content (AvgIpc) is 2.36. The maximum absolute atomic E-state index is 3.76. The van der Waals surface area contributed by atoms with Gasteiger partial charge in [0.15, 0.2) is 0 Å². The zero-order valence-corrected chi connectivity index (χ0v) is 10.8. The van der Waals surface area contributed by atoms with E-state index in [-0.39, 0.29) is 0 Å². The molecule has 1 nitrogen and oxygen atoms in total. The molecule has 0 N–H and O–H groups in total. The number of nitrogens with zero attached hydrogens (tertiary/aromatic N) is 1. The molecule has 90 valence electrons. The van der Waals surface area contributed by atoms with Gasteiger partial charge in [0.1, 0.15) is 0 Å². The zero-order chi connectivity index (χ0) is 12.9. The van der Waals surface area contributed by atoms with Crippen LogP contribution in [0, 0.1) is 6.92 Å². The van der Waals surface area contributed by atoms with Crippen LogP contribution in [0.1, 0.15) is 12.5 Å². The monoisotopic (exact) mass is 227 g/mol. The SMILES string of the molecule is C=C/C=C\C(=C/C)CN=C.Cc1ccccc1. The summed E-state index contributed by atoms with van der Waals surface area (Å²) in [4.78, 5) is 3.76. The number of benzene rings is 1. The average molecular weight is 227 g/mol. The number of aryl methyl sites for hydroxylation is 1. The van der Waals surface area contributed by atoms with Gasteiger partial charge in [-0.25, -0.2) is 0 Å². The van der Waals surface area contributed by atoms with E-state index in [2.05, 4.69) is 37.3 Å². The number of allylic oxidation sites excluding steroid dienone is 3. The van der Waals surface area contributed by atoms with Gasteiger partial charge in [-0.15, -0.1) is 0 Å². The van der Waals surface area contributed by atoms with Crippen LogP contribution in [0.25, 0.3) is 0 Å². The summed E-state index contributed by atoms with van der Waals surface area (Å²) in [6.45, 7) is 11.7. The molecule has 0 saturated heterocycles. The smallest absolute Gasteiger partial charge is 0.0629 e. The van der Waals surface area contributed by atoms with Crippen LogP contribution in [0.15, 0.2) is 71.8 Å². The second-order valence-corrected chi connectivity index (χ2v) is 3.49. The molecule has 0 aliphatic heterocycles. The van der Waals surface area contributed by atoms with Crippen molar-refractivity contribution in [1.82, 2.24) is 0 Å². The van der Waals surface area contributed by atoms with Gasteiger partial charge in [-0.05, 0) is 26.1 Å². The summed E-state index contributed by atoms with van der Waals surface area (Å²) in [6, 6.07) is 10.3. The first kappa shape index (κ1) is 15.1. The lowest BCUT2D eigenvalue weighted by atomic mass is 10.2. The fourth-order valence-electron chi connectivity index (χ4n) is 1.10. The van der Waals surface area contributed by atoms with Crippen molar-refractivity contribution in [2.24, 2.45) is 4.99 Å². The highest BCUT2D eigenvalue weighted by molar-refractivity contribution is 5.28. The van der Waals surface area contributed by atoms with E-state index in [1.807, 2.05) is 43.4 Å². The summed E-state index contributed by atoms with van der Waals surface area (Å²) in [6.07, 6.45) is 7.61. The van der Waals surface area contributed by atoms with E-state index in [0.717, 1.165) is 5.57 Å². The molecular formula is C16H21N. The molecule has 1 aromatic carbocycles. The Bertz CT molecular complexity index is 372. The molecule has 0 heterocycles. The molecule has 0 atom stereocenters. The van der Waals surface area contributed by atoms with Crippen molar-refractivity contribution in [2.75, 3.05) is 6.54 Å². The molecule has 0 fully saturated rings. The first-order valence-corrected chi connectivity index (χ1v) is 5.63. The molecule has 0 spiro atoms. The van der Waals surface area contributed by atoms with Crippen molar-refractivity contribution in [3.05, 3.63) is 72.4 Å². The van der Waals surface area contributed by atoms with Crippen molar-refractivity contribution in [1.29, 1.82) is 0 Å². The number of rotatable bonds is 4. The first-order valence-electron chi connectivity index (χ1n) is 5.63. The van der Waals surface area contributed by atoms with Crippen molar-refractivity contribution in [2.45, 2.75) is 13.8 Å². The number of aliphatic imine (C=N–C) groups is 1. The van der Waals surface area contributed by atoms with Gasteiger partial charge in [0, 0.05) is 0 Å².